The molecule has 5 nitrogen and oxygen atoms in total. The molecule has 1 aromatic rings. The van der Waals surface area contributed by atoms with Crippen LogP contribution < -0.4 is 5.32 Å². The molecule has 1 N–H and O–H groups in total. The Bertz CT molecular complexity index is 411. The molecule has 0 saturated carbocycles. The lowest BCUT2D eigenvalue weighted by Crippen LogP contribution is -2.10. The van der Waals surface area contributed by atoms with Crippen molar-refractivity contribution in [2.45, 2.75) is 18.6 Å². The predicted octanol–water partition coefficient (Wildman–Crippen LogP) is 0.542. The number of oxazole rings is 1. The quantitative estimate of drug-likeness (QED) is 0.802. The van der Waals surface area contributed by atoms with Gasteiger partial charge in [-0.3, -0.25) is 0 Å². The molecule has 0 aliphatic carbocycles. The van der Waals surface area contributed by atoms with Crippen LogP contribution in [0.25, 0.3) is 0 Å². The van der Waals surface area contributed by atoms with Gasteiger partial charge < -0.3 is 9.73 Å². The van der Waals surface area contributed by atoms with Crippen LogP contribution in [0.5, 0.6) is 0 Å². The first-order valence-corrected chi connectivity index (χ1v) is 6.68. The van der Waals surface area contributed by atoms with Crippen LogP contribution in [0.3, 0.4) is 0 Å². The molecule has 1 unspecified atom stereocenters. The molecule has 0 aliphatic heterocycles. The second kappa shape index (κ2) is 4.76. The Hall–Kier alpha value is -0.880. The summed E-state index contributed by atoms with van der Waals surface area (Å²) in [6, 6.07) is 0. The van der Waals surface area contributed by atoms with E-state index in [1.165, 1.54) is 12.5 Å². The number of rotatable bonds is 5. The fourth-order valence-electron chi connectivity index (χ4n) is 1.07. The largest absolute Gasteiger partial charge is 0.444 e. The number of likely N-dealkylation sites (N-methyl/N-ethyl adjacent to an activating group) is 1. The molecule has 0 radical (unpaired) electrons. The zero-order chi connectivity index (χ0) is 11.5. The molecule has 0 aliphatic rings. The molecule has 0 bridgehead atoms. The summed E-state index contributed by atoms with van der Waals surface area (Å²) < 4.78 is 27.9. The zero-order valence-electron chi connectivity index (χ0n) is 9.15. The van der Waals surface area contributed by atoms with Crippen molar-refractivity contribution in [2.24, 2.45) is 0 Å². The minimum atomic E-state index is -3.11. The topological polar surface area (TPSA) is 72.2 Å². The molecule has 1 atom stereocenters. The maximum absolute atomic E-state index is 11.3. The van der Waals surface area contributed by atoms with Gasteiger partial charge in [-0.2, -0.15) is 0 Å². The van der Waals surface area contributed by atoms with Crippen LogP contribution in [0.2, 0.25) is 0 Å². The number of nitrogens with zero attached hydrogens (tertiary/aromatic N) is 1. The van der Waals surface area contributed by atoms with Crippen molar-refractivity contribution in [3.05, 3.63) is 17.8 Å². The molecule has 0 aromatic carbocycles. The van der Waals surface area contributed by atoms with Crippen molar-refractivity contribution < 1.29 is 12.8 Å². The standard InChI is InChI=1S/C9H16N2O3S/c1-7(15(3,12)13)8-6-11-9(14-8)4-5-10-2/h6-7,10H,4-5H2,1-3H3. The monoisotopic (exact) mass is 232 g/mol. The third-order valence-electron chi connectivity index (χ3n) is 2.20. The van der Waals surface area contributed by atoms with Crippen molar-refractivity contribution in [3.63, 3.8) is 0 Å². The SMILES string of the molecule is CNCCc1ncc(C(C)S(C)(=O)=O)o1. The van der Waals surface area contributed by atoms with Crippen LogP contribution in [0.4, 0.5) is 0 Å². The maximum Gasteiger partial charge on any atom is 0.195 e. The van der Waals surface area contributed by atoms with Gasteiger partial charge in [0.15, 0.2) is 15.7 Å². The highest BCUT2D eigenvalue weighted by Gasteiger charge is 2.21. The molecular formula is C9H16N2O3S. The molecule has 15 heavy (non-hydrogen) atoms. The summed E-state index contributed by atoms with van der Waals surface area (Å²) in [6.45, 7) is 2.35. The van der Waals surface area contributed by atoms with E-state index in [4.69, 9.17) is 4.42 Å². The third-order valence-corrected chi connectivity index (χ3v) is 3.72. The first-order valence-electron chi connectivity index (χ1n) is 4.73. The van der Waals surface area contributed by atoms with Crippen LogP contribution in [0, 0.1) is 0 Å². The second-order valence-electron chi connectivity index (χ2n) is 3.48. The minimum Gasteiger partial charge on any atom is -0.444 e. The Balaban J connectivity index is 2.76. The van der Waals surface area contributed by atoms with Gasteiger partial charge in [-0.05, 0) is 14.0 Å². The molecule has 0 spiro atoms. The van der Waals surface area contributed by atoms with E-state index in [0.29, 0.717) is 18.1 Å². The van der Waals surface area contributed by atoms with E-state index in [1.807, 2.05) is 7.05 Å². The van der Waals surface area contributed by atoms with Crippen LogP contribution in [0.1, 0.15) is 23.8 Å². The molecule has 1 aromatic heterocycles. The van der Waals surface area contributed by atoms with Crippen molar-refractivity contribution in [3.8, 4) is 0 Å². The number of hydrogen-bond acceptors (Lipinski definition) is 5. The van der Waals surface area contributed by atoms with Crippen molar-refractivity contribution in [1.82, 2.24) is 10.3 Å². The number of hydrogen-bond donors (Lipinski definition) is 1. The summed E-state index contributed by atoms with van der Waals surface area (Å²) in [4.78, 5) is 4.02. The lowest BCUT2D eigenvalue weighted by molar-refractivity contribution is 0.448. The molecule has 0 saturated heterocycles. The Kier molecular flexibility index (Phi) is 3.87. The van der Waals surface area contributed by atoms with Crippen molar-refractivity contribution in [2.75, 3.05) is 19.8 Å². The van der Waals surface area contributed by atoms with Gasteiger partial charge in [0.1, 0.15) is 11.0 Å². The Morgan fingerprint density at radius 1 is 1.60 bits per heavy atom. The van der Waals surface area contributed by atoms with E-state index in [2.05, 4.69) is 10.3 Å². The average Bonchev–Trinajstić information content (AvgIpc) is 2.60. The number of sulfone groups is 1. The van der Waals surface area contributed by atoms with Crippen LogP contribution in [-0.2, 0) is 16.3 Å². The summed E-state index contributed by atoms with van der Waals surface area (Å²) in [5.41, 5.74) is 0. The van der Waals surface area contributed by atoms with Crippen LogP contribution in [-0.4, -0.2) is 33.2 Å². The highest BCUT2D eigenvalue weighted by Crippen LogP contribution is 2.21. The molecule has 0 amide bonds. The highest BCUT2D eigenvalue weighted by atomic mass is 32.2. The lowest BCUT2D eigenvalue weighted by atomic mass is 10.4. The van der Waals surface area contributed by atoms with E-state index in [1.54, 1.807) is 6.92 Å². The highest BCUT2D eigenvalue weighted by molar-refractivity contribution is 7.90. The van der Waals surface area contributed by atoms with Gasteiger partial charge in [0, 0.05) is 19.2 Å². The van der Waals surface area contributed by atoms with Crippen molar-refractivity contribution in [1.29, 1.82) is 0 Å². The normalized spacial score (nSPS) is 14.1. The van der Waals surface area contributed by atoms with E-state index < -0.39 is 15.1 Å². The summed E-state index contributed by atoms with van der Waals surface area (Å²) in [5.74, 6) is 0.971. The van der Waals surface area contributed by atoms with Gasteiger partial charge in [-0.25, -0.2) is 13.4 Å². The zero-order valence-corrected chi connectivity index (χ0v) is 9.97. The molecule has 6 heteroatoms. The summed E-state index contributed by atoms with van der Waals surface area (Å²) in [5, 5.41) is 2.34. The summed E-state index contributed by atoms with van der Waals surface area (Å²) >= 11 is 0. The van der Waals surface area contributed by atoms with Gasteiger partial charge >= 0.3 is 0 Å². The van der Waals surface area contributed by atoms with E-state index in [9.17, 15) is 8.42 Å². The first kappa shape index (κ1) is 12.2. The van der Waals surface area contributed by atoms with Gasteiger partial charge in [0.2, 0.25) is 0 Å². The average molecular weight is 232 g/mol. The van der Waals surface area contributed by atoms with Crippen LogP contribution in [0.15, 0.2) is 10.6 Å². The van der Waals surface area contributed by atoms with Crippen LogP contribution >= 0.6 is 0 Å². The number of aromatic nitrogens is 1. The maximum atomic E-state index is 11.3. The van der Waals surface area contributed by atoms with Gasteiger partial charge in [0.05, 0.1) is 6.20 Å². The van der Waals surface area contributed by atoms with Crippen molar-refractivity contribution >= 4 is 9.84 Å². The second-order valence-corrected chi connectivity index (χ2v) is 5.85. The van der Waals surface area contributed by atoms with E-state index in [0.717, 1.165) is 6.54 Å². The van der Waals surface area contributed by atoms with E-state index in [-0.39, 0.29) is 0 Å². The number of nitrogens with one attached hydrogen (secondary N) is 1. The molecular weight excluding hydrogens is 216 g/mol. The smallest absolute Gasteiger partial charge is 0.195 e. The fourth-order valence-corrected chi connectivity index (χ4v) is 1.60. The Morgan fingerprint density at radius 3 is 2.80 bits per heavy atom. The molecule has 1 rings (SSSR count). The van der Waals surface area contributed by atoms with Gasteiger partial charge in [-0.15, -0.1) is 0 Å². The van der Waals surface area contributed by atoms with Gasteiger partial charge in [-0.1, -0.05) is 0 Å². The predicted molar refractivity (Wildman–Crippen MR) is 57.4 cm³/mol. The Labute approximate surface area is 89.8 Å². The van der Waals surface area contributed by atoms with E-state index >= 15 is 0 Å². The first-order chi connectivity index (χ1) is 6.95. The molecule has 86 valence electrons. The summed E-state index contributed by atoms with van der Waals surface area (Å²) in [6.07, 6.45) is 3.33. The molecule has 1 heterocycles. The molecule has 0 fully saturated rings. The third kappa shape index (κ3) is 3.32. The summed E-state index contributed by atoms with van der Waals surface area (Å²) in [7, 11) is -1.28. The fraction of sp³-hybridized carbons (Fsp3) is 0.667. The minimum absolute atomic E-state index is 0.406. The Morgan fingerprint density at radius 2 is 2.27 bits per heavy atom. The van der Waals surface area contributed by atoms with Gasteiger partial charge in [0.25, 0.3) is 0 Å². The lowest BCUT2D eigenvalue weighted by Gasteiger charge is -2.03.